The first-order valence-electron chi connectivity index (χ1n) is 6.24. The zero-order valence-electron chi connectivity index (χ0n) is 11.4. The number of carbonyl (C=O) groups is 1. The number of pyridine rings is 1. The Morgan fingerprint density at radius 2 is 2.16 bits per heavy atom. The Balaban J connectivity index is 2.63. The van der Waals surface area contributed by atoms with Crippen molar-refractivity contribution in [1.82, 2.24) is 15.2 Å². The quantitative estimate of drug-likeness (QED) is 0.822. The number of carbonyl (C=O) groups excluding carboxylic acids is 1. The normalized spacial score (nSPS) is 11.1. The zero-order chi connectivity index (χ0) is 14.4. The van der Waals surface area contributed by atoms with Crippen LogP contribution in [0.15, 0.2) is 12.3 Å². The Labute approximate surface area is 124 Å². The highest BCUT2D eigenvalue weighted by Crippen LogP contribution is 2.19. The van der Waals surface area contributed by atoms with Crippen molar-refractivity contribution in [2.24, 2.45) is 0 Å². The number of nitrogens with one attached hydrogen (secondary N) is 1. The van der Waals surface area contributed by atoms with Crippen LogP contribution in [0.4, 0.5) is 0 Å². The lowest BCUT2D eigenvalue weighted by atomic mass is 10.2. The summed E-state index contributed by atoms with van der Waals surface area (Å²) in [6.07, 6.45) is 1.65. The van der Waals surface area contributed by atoms with Gasteiger partial charge in [0.05, 0.1) is 6.54 Å². The van der Waals surface area contributed by atoms with E-state index in [2.05, 4.69) is 10.3 Å². The SMILES string of the molecule is CCN(CC(=O)NC(C)C)Cc1cnc(Cl)cc1Cl. The van der Waals surface area contributed by atoms with Gasteiger partial charge in [0.15, 0.2) is 0 Å². The third-order valence-electron chi connectivity index (χ3n) is 2.55. The fourth-order valence-electron chi connectivity index (χ4n) is 1.64. The van der Waals surface area contributed by atoms with Crippen LogP contribution in [0.5, 0.6) is 0 Å². The highest BCUT2D eigenvalue weighted by atomic mass is 35.5. The molecule has 0 atom stereocenters. The summed E-state index contributed by atoms with van der Waals surface area (Å²) in [6.45, 7) is 7.55. The summed E-state index contributed by atoms with van der Waals surface area (Å²) in [5.74, 6) is 0.00916. The second kappa shape index (κ2) is 7.68. The van der Waals surface area contributed by atoms with E-state index in [1.807, 2.05) is 25.7 Å². The summed E-state index contributed by atoms with van der Waals surface area (Å²) >= 11 is 11.9. The Kier molecular flexibility index (Phi) is 6.55. The van der Waals surface area contributed by atoms with Gasteiger partial charge in [0.1, 0.15) is 5.15 Å². The van der Waals surface area contributed by atoms with Gasteiger partial charge >= 0.3 is 0 Å². The Bertz CT molecular complexity index is 438. The van der Waals surface area contributed by atoms with Crippen LogP contribution in [0.3, 0.4) is 0 Å². The average Bonchev–Trinajstić information content (AvgIpc) is 2.30. The second-order valence-corrected chi connectivity index (χ2v) is 5.42. The van der Waals surface area contributed by atoms with Crippen molar-refractivity contribution in [3.8, 4) is 0 Å². The van der Waals surface area contributed by atoms with Crippen molar-refractivity contribution in [3.05, 3.63) is 28.0 Å². The van der Waals surface area contributed by atoms with Gasteiger partial charge < -0.3 is 5.32 Å². The molecule has 1 aromatic heterocycles. The summed E-state index contributed by atoms with van der Waals surface area (Å²) in [6, 6.07) is 1.76. The van der Waals surface area contributed by atoms with Crippen molar-refractivity contribution in [3.63, 3.8) is 0 Å². The lowest BCUT2D eigenvalue weighted by Crippen LogP contribution is -2.39. The predicted octanol–water partition coefficient (Wildman–Crippen LogP) is 2.73. The first-order chi connectivity index (χ1) is 8.92. The highest BCUT2D eigenvalue weighted by molar-refractivity contribution is 6.34. The summed E-state index contributed by atoms with van der Waals surface area (Å²) < 4.78 is 0. The van der Waals surface area contributed by atoms with Crippen LogP contribution in [-0.4, -0.2) is 34.9 Å². The van der Waals surface area contributed by atoms with Gasteiger partial charge in [-0.2, -0.15) is 0 Å². The first-order valence-corrected chi connectivity index (χ1v) is 6.99. The number of likely N-dealkylation sites (N-methyl/N-ethyl adjacent to an activating group) is 1. The third-order valence-corrected chi connectivity index (χ3v) is 3.11. The topological polar surface area (TPSA) is 45.2 Å². The van der Waals surface area contributed by atoms with E-state index in [0.29, 0.717) is 23.3 Å². The molecule has 0 aliphatic carbocycles. The number of halogens is 2. The number of rotatable bonds is 6. The average molecular weight is 304 g/mol. The van der Waals surface area contributed by atoms with E-state index in [1.54, 1.807) is 12.3 Å². The summed E-state index contributed by atoms with van der Waals surface area (Å²) in [4.78, 5) is 17.7. The molecular formula is C13H19Cl2N3O. The first kappa shape index (κ1) is 16.2. The molecule has 0 radical (unpaired) electrons. The maximum Gasteiger partial charge on any atom is 0.234 e. The van der Waals surface area contributed by atoms with Gasteiger partial charge in [-0.1, -0.05) is 30.1 Å². The Morgan fingerprint density at radius 3 is 2.68 bits per heavy atom. The van der Waals surface area contributed by atoms with Crippen molar-refractivity contribution in [2.75, 3.05) is 13.1 Å². The highest BCUT2D eigenvalue weighted by Gasteiger charge is 2.12. The van der Waals surface area contributed by atoms with Gasteiger partial charge in [-0.25, -0.2) is 4.98 Å². The minimum absolute atomic E-state index is 0.00916. The van der Waals surface area contributed by atoms with E-state index in [4.69, 9.17) is 23.2 Å². The van der Waals surface area contributed by atoms with Crippen LogP contribution in [0.2, 0.25) is 10.2 Å². The van der Waals surface area contributed by atoms with E-state index in [9.17, 15) is 4.79 Å². The van der Waals surface area contributed by atoms with Crippen molar-refractivity contribution in [2.45, 2.75) is 33.4 Å². The van der Waals surface area contributed by atoms with Crippen LogP contribution < -0.4 is 5.32 Å². The van der Waals surface area contributed by atoms with Gasteiger partial charge in [0.25, 0.3) is 0 Å². The molecule has 1 N–H and O–H groups in total. The van der Waals surface area contributed by atoms with E-state index in [0.717, 1.165) is 12.1 Å². The van der Waals surface area contributed by atoms with E-state index in [1.165, 1.54) is 0 Å². The van der Waals surface area contributed by atoms with Crippen LogP contribution >= 0.6 is 23.2 Å². The summed E-state index contributed by atoms with van der Waals surface area (Å²) in [5, 5.41) is 3.81. The molecule has 19 heavy (non-hydrogen) atoms. The van der Waals surface area contributed by atoms with Gasteiger partial charge in [-0.3, -0.25) is 9.69 Å². The Hall–Kier alpha value is -0.840. The molecule has 0 spiro atoms. The molecule has 0 aliphatic heterocycles. The predicted molar refractivity (Wildman–Crippen MR) is 78.5 cm³/mol. The largest absolute Gasteiger partial charge is 0.353 e. The minimum Gasteiger partial charge on any atom is -0.353 e. The lowest BCUT2D eigenvalue weighted by Gasteiger charge is -2.21. The number of nitrogens with zero attached hydrogens (tertiary/aromatic N) is 2. The molecule has 6 heteroatoms. The molecule has 0 saturated carbocycles. The monoisotopic (exact) mass is 303 g/mol. The molecular weight excluding hydrogens is 285 g/mol. The van der Waals surface area contributed by atoms with Gasteiger partial charge in [-0.05, 0) is 26.5 Å². The minimum atomic E-state index is 0.00916. The van der Waals surface area contributed by atoms with Crippen LogP contribution in [0, 0.1) is 0 Å². The zero-order valence-corrected chi connectivity index (χ0v) is 12.9. The maximum atomic E-state index is 11.7. The van der Waals surface area contributed by atoms with Crippen LogP contribution in [0.1, 0.15) is 26.3 Å². The molecule has 1 amide bonds. The van der Waals surface area contributed by atoms with Gasteiger partial charge in [0, 0.05) is 29.4 Å². The van der Waals surface area contributed by atoms with Crippen LogP contribution in [0.25, 0.3) is 0 Å². The summed E-state index contributed by atoms with van der Waals surface area (Å²) in [7, 11) is 0. The van der Waals surface area contributed by atoms with Gasteiger partial charge in [0.2, 0.25) is 5.91 Å². The third kappa shape index (κ3) is 5.76. The van der Waals surface area contributed by atoms with Gasteiger partial charge in [-0.15, -0.1) is 0 Å². The molecule has 0 fully saturated rings. The standard InChI is InChI=1S/C13H19Cl2N3O/c1-4-18(8-13(19)17-9(2)3)7-10-6-16-12(15)5-11(10)14/h5-6,9H,4,7-8H2,1-3H3,(H,17,19). The molecule has 106 valence electrons. The molecule has 0 aromatic carbocycles. The molecule has 1 heterocycles. The molecule has 4 nitrogen and oxygen atoms in total. The molecule has 1 rings (SSSR count). The van der Waals surface area contributed by atoms with E-state index < -0.39 is 0 Å². The Morgan fingerprint density at radius 1 is 1.47 bits per heavy atom. The molecule has 0 saturated heterocycles. The lowest BCUT2D eigenvalue weighted by molar-refractivity contribution is -0.122. The van der Waals surface area contributed by atoms with Crippen LogP contribution in [-0.2, 0) is 11.3 Å². The fourth-order valence-corrected chi connectivity index (χ4v) is 2.07. The molecule has 0 unspecified atom stereocenters. The number of amides is 1. The number of hydrogen-bond donors (Lipinski definition) is 1. The molecule has 0 aliphatic rings. The second-order valence-electron chi connectivity index (χ2n) is 4.62. The number of aromatic nitrogens is 1. The smallest absolute Gasteiger partial charge is 0.234 e. The maximum absolute atomic E-state index is 11.7. The number of hydrogen-bond acceptors (Lipinski definition) is 3. The van der Waals surface area contributed by atoms with Crippen molar-refractivity contribution < 1.29 is 4.79 Å². The van der Waals surface area contributed by atoms with Crippen molar-refractivity contribution in [1.29, 1.82) is 0 Å². The molecule has 0 bridgehead atoms. The van der Waals surface area contributed by atoms with E-state index >= 15 is 0 Å². The molecule has 1 aromatic rings. The van der Waals surface area contributed by atoms with E-state index in [-0.39, 0.29) is 11.9 Å². The summed E-state index contributed by atoms with van der Waals surface area (Å²) in [5.41, 5.74) is 0.866. The fraction of sp³-hybridized carbons (Fsp3) is 0.538. The van der Waals surface area contributed by atoms with Crippen molar-refractivity contribution >= 4 is 29.1 Å².